The lowest BCUT2D eigenvalue weighted by atomic mass is 10.0. The third-order valence-electron chi connectivity index (χ3n) is 5.95. The summed E-state index contributed by atoms with van der Waals surface area (Å²) in [6, 6.07) is 18.4. The van der Waals surface area contributed by atoms with Gasteiger partial charge in [0.1, 0.15) is 6.04 Å². The fourth-order valence-electron chi connectivity index (χ4n) is 3.87. The number of nitrogens with one attached hydrogen (secondary N) is 3. The fraction of sp³-hybridized carbons (Fsp3) is 0.231. The largest absolute Gasteiger partial charge is 0.326 e. The Bertz CT molecular complexity index is 1340. The van der Waals surface area contributed by atoms with E-state index in [1.165, 1.54) is 6.07 Å². The van der Waals surface area contributed by atoms with Crippen LogP contribution in [0.15, 0.2) is 71.6 Å². The van der Waals surface area contributed by atoms with E-state index in [0.29, 0.717) is 24.2 Å². The van der Waals surface area contributed by atoms with Crippen LogP contribution in [0.4, 0.5) is 11.4 Å². The van der Waals surface area contributed by atoms with Crippen LogP contribution in [0.25, 0.3) is 0 Å². The van der Waals surface area contributed by atoms with E-state index in [-0.39, 0.29) is 17.2 Å². The molecule has 0 saturated heterocycles. The van der Waals surface area contributed by atoms with Crippen LogP contribution < -0.4 is 15.4 Å². The van der Waals surface area contributed by atoms with E-state index in [2.05, 4.69) is 15.4 Å². The van der Waals surface area contributed by atoms with Gasteiger partial charge in [0.15, 0.2) is 0 Å². The second-order valence-electron chi connectivity index (χ2n) is 8.52. The normalized spacial score (nSPS) is 14.1. The minimum Gasteiger partial charge on any atom is -0.326 e. The molecule has 1 aliphatic heterocycles. The van der Waals surface area contributed by atoms with Crippen LogP contribution in [0.1, 0.15) is 28.7 Å². The number of sulfonamides is 1. The lowest BCUT2D eigenvalue weighted by Crippen LogP contribution is -2.45. The van der Waals surface area contributed by atoms with Crippen molar-refractivity contribution in [2.75, 3.05) is 10.6 Å². The summed E-state index contributed by atoms with van der Waals surface area (Å²) in [5, 5.41) is 5.59. The molecule has 3 aromatic rings. The highest BCUT2D eigenvalue weighted by Crippen LogP contribution is 2.26. The zero-order chi connectivity index (χ0) is 24.3. The number of hydrogen-bond donors (Lipinski definition) is 3. The van der Waals surface area contributed by atoms with Crippen molar-refractivity contribution in [3.05, 3.63) is 89.0 Å². The summed E-state index contributed by atoms with van der Waals surface area (Å²) < 4.78 is 29.1. The average Bonchev–Trinajstić information content (AvgIpc) is 2.81. The number of rotatable bonds is 7. The predicted octanol–water partition coefficient (Wildman–Crippen LogP) is 3.72. The summed E-state index contributed by atoms with van der Waals surface area (Å²) >= 11 is 0. The van der Waals surface area contributed by atoms with Crippen molar-refractivity contribution in [3.63, 3.8) is 0 Å². The van der Waals surface area contributed by atoms with Crippen molar-refractivity contribution in [2.45, 2.75) is 44.0 Å². The molecule has 2 amide bonds. The number of hydrogen-bond acceptors (Lipinski definition) is 4. The molecule has 4 rings (SSSR count). The minimum atomic E-state index is -4.00. The van der Waals surface area contributed by atoms with Crippen LogP contribution >= 0.6 is 0 Å². The second-order valence-corrected chi connectivity index (χ2v) is 10.2. The molecule has 3 aromatic carbocycles. The van der Waals surface area contributed by atoms with Gasteiger partial charge in [-0.05, 0) is 79.3 Å². The molecule has 0 bridgehead atoms. The van der Waals surface area contributed by atoms with Gasteiger partial charge in [0.2, 0.25) is 21.8 Å². The van der Waals surface area contributed by atoms with E-state index in [1.807, 2.05) is 56.3 Å². The first-order chi connectivity index (χ1) is 16.2. The third-order valence-corrected chi connectivity index (χ3v) is 7.42. The Kier molecular flexibility index (Phi) is 6.81. The topological polar surface area (TPSA) is 104 Å². The first-order valence-corrected chi connectivity index (χ1v) is 12.6. The number of anilines is 2. The maximum atomic E-state index is 13.3. The summed E-state index contributed by atoms with van der Waals surface area (Å²) in [5.41, 5.74) is 4.93. The lowest BCUT2D eigenvalue weighted by Gasteiger charge is -2.21. The summed E-state index contributed by atoms with van der Waals surface area (Å²) in [5.74, 6) is -0.534. The van der Waals surface area contributed by atoms with Crippen LogP contribution in [0.5, 0.6) is 0 Å². The SMILES string of the molecule is Cc1ccc(NC(=O)C(Cc2ccccc2)NS(=O)(=O)c2ccc3c(c2)CCC(=O)N3)cc1C. The Labute approximate surface area is 199 Å². The lowest BCUT2D eigenvalue weighted by molar-refractivity contribution is -0.118. The summed E-state index contributed by atoms with van der Waals surface area (Å²) in [7, 11) is -4.00. The number of benzene rings is 3. The van der Waals surface area contributed by atoms with Crippen molar-refractivity contribution < 1.29 is 18.0 Å². The van der Waals surface area contributed by atoms with Crippen LogP contribution in [0.2, 0.25) is 0 Å². The predicted molar refractivity (Wildman–Crippen MR) is 132 cm³/mol. The molecule has 1 heterocycles. The van der Waals surface area contributed by atoms with Crippen LogP contribution in [-0.2, 0) is 32.5 Å². The average molecular weight is 478 g/mol. The van der Waals surface area contributed by atoms with Gasteiger partial charge in [-0.2, -0.15) is 4.72 Å². The third kappa shape index (κ3) is 5.52. The van der Waals surface area contributed by atoms with Gasteiger partial charge in [0.05, 0.1) is 4.90 Å². The molecule has 0 fully saturated rings. The molecule has 8 heteroatoms. The molecule has 0 aliphatic carbocycles. The van der Waals surface area contributed by atoms with E-state index in [1.54, 1.807) is 18.2 Å². The van der Waals surface area contributed by atoms with E-state index in [4.69, 9.17) is 0 Å². The van der Waals surface area contributed by atoms with Gasteiger partial charge in [-0.3, -0.25) is 9.59 Å². The van der Waals surface area contributed by atoms with Gasteiger partial charge >= 0.3 is 0 Å². The zero-order valence-corrected chi connectivity index (χ0v) is 19.9. The van der Waals surface area contributed by atoms with Crippen molar-refractivity contribution in [3.8, 4) is 0 Å². The Morgan fingerprint density at radius 2 is 1.74 bits per heavy atom. The Balaban J connectivity index is 1.60. The molecule has 176 valence electrons. The summed E-state index contributed by atoms with van der Waals surface area (Å²) in [6.07, 6.45) is 0.960. The molecule has 1 unspecified atom stereocenters. The Morgan fingerprint density at radius 1 is 0.971 bits per heavy atom. The van der Waals surface area contributed by atoms with Gasteiger partial charge in [-0.15, -0.1) is 0 Å². The molecule has 1 aliphatic rings. The van der Waals surface area contributed by atoms with Crippen molar-refractivity contribution in [1.82, 2.24) is 4.72 Å². The number of carbonyl (C=O) groups excluding carboxylic acids is 2. The Hall–Kier alpha value is -3.49. The zero-order valence-electron chi connectivity index (χ0n) is 19.1. The van der Waals surface area contributed by atoms with Gasteiger partial charge in [0.25, 0.3) is 0 Å². The van der Waals surface area contributed by atoms with Crippen LogP contribution in [0, 0.1) is 13.8 Å². The van der Waals surface area contributed by atoms with Gasteiger partial charge in [0, 0.05) is 17.8 Å². The van der Waals surface area contributed by atoms with Crippen LogP contribution in [0.3, 0.4) is 0 Å². The van der Waals surface area contributed by atoms with E-state index >= 15 is 0 Å². The minimum absolute atomic E-state index is 0.0550. The maximum absolute atomic E-state index is 13.3. The van der Waals surface area contributed by atoms with E-state index < -0.39 is 22.0 Å². The van der Waals surface area contributed by atoms with Crippen molar-refractivity contribution in [2.24, 2.45) is 0 Å². The van der Waals surface area contributed by atoms with Gasteiger partial charge in [-0.1, -0.05) is 36.4 Å². The summed E-state index contributed by atoms with van der Waals surface area (Å²) in [6.45, 7) is 3.94. The summed E-state index contributed by atoms with van der Waals surface area (Å²) in [4.78, 5) is 24.9. The van der Waals surface area contributed by atoms with Crippen molar-refractivity contribution in [1.29, 1.82) is 0 Å². The van der Waals surface area contributed by atoms with E-state index in [9.17, 15) is 18.0 Å². The molecule has 0 aromatic heterocycles. The molecule has 0 radical (unpaired) electrons. The molecular formula is C26H27N3O4S. The van der Waals surface area contributed by atoms with Gasteiger partial charge < -0.3 is 10.6 Å². The quantitative estimate of drug-likeness (QED) is 0.482. The molecule has 0 spiro atoms. The van der Waals surface area contributed by atoms with Gasteiger partial charge in [-0.25, -0.2) is 8.42 Å². The molecular weight excluding hydrogens is 450 g/mol. The van der Waals surface area contributed by atoms with Crippen molar-refractivity contribution >= 4 is 33.2 Å². The smallest absolute Gasteiger partial charge is 0.242 e. The Morgan fingerprint density at radius 3 is 2.47 bits per heavy atom. The number of aryl methyl sites for hydroxylation is 3. The maximum Gasteiger partial charge on any atom is 0.242 e. The number of carbonyl (C=O) groups is 2. The highest BCUT2D eigenvalue weighted by atomic mass is 32.2. The molecule has 0 saturated carbocycles. The van der Waals surface area contributed by atoms with Crippen LogP contribution in [-0.4, -0.2) is 26.3 Å². The molecule has 34 heavy (non-hydrogen) atoms. The molecule has 1 atom stereocenters. The molecule has 7 nitrogen and oxygen atoms in total. The standard InChI is InChI=1S/C26H27N3O4S/c1-17-8-10-21(14-18(17)2)27-26(31)24(15-19-6-4-3-5-7-19)29-34(32,33)22-11-12-23-20(16-22)9-13-25(30)28-23/h3-8,10-12,14,16,24,29H,9,13,15H2,1-2H3,(H,27,31)(H,28,30). The molecule has 3 N–H and O–H groups in total. The highest BCUT2D eigenvalue weighted by molar-refractivity contribution is 7.89. The fourth-order valence-corrected chi connectivity index (χ4v) is 5.11. The number of fused-ring (bicyclic) bond motifs is 1. The highest BCUT2D eigenvalue weighted by Gasteiger charge is 2.27. The first-order valence-electron chi connectivity index (χ1n) is 11.1. The van der Waals surface area contributed by atoms with E-state index in [0.717, 1.165) is 22.3 Å². The first kappa shape index (κ1) is 23.7. The second kappa shape index (κ2) is 9.79. The monoisotopic (exact) mass is 477 g/mol. The number of amides is 2.